The minimum atomic E-state index is -0.391. The lowest BCUT2D eigenvalue weighted by Crippen LogP contribution is -2.32. The Morgan fingerprint density at radius 3 is 2.28 bits per heavy atom. The molecule has 0 saturated carbocycles. The first kappa shape index (κ1) is 21.4. The maximum Gasteiger partial charge on any atom is 0.282 e. The van der Waals surface area contributed by atoms with Gasteiger partial charge in [0.2, 0.25) is 0 Å². The molecule has 0 fully saturated rings. The van der Waals surface area contributed by atoms with Crippen molar-refractivity contribution in [3.05, 3.63) is 94.7 Å². The first-order valence-corrected chi connectivity index (χ1v) is 10.7. The van der Waals surface area contributed by atoms with Gasteiger partial charge in [-0.2, -0.15) is 0 Å². The predicted molar refractivity (Wildman–Crippen MR) is 128 cm³/mol. The quantitative estimate of drug-likeness (QED) is 0.536. The van der Waals surface area contributed by atoms with Crippen molar-refractivity contribution in [1.29, 1.82) is 0 Å². The lowest BCUT2D eigenvalue weighted by atomic mass is 9.99. The fraction of sp³-hybridized carbons (Fsp3) is 0.185. The molecule has 0 aliphatic carbocycles. The van der Waals surface area contributed by atoms with Gasteiger partial charge in [0.25, 0.3) is 11.8 Å². The molecule has 1 N–H and O–H groups in total. The van der Waals surface area contributed by atoms with Crippen molar-refractivity contribution >= 4 is 28.8 Å². The summed E-state index contributed by atoms with van der Waals surface area (Å²) >= 11 is 0. The average molecular weight is 427 g/mol. The number of nitrogens with zero attached hydrogens (tertiary/aromatic N) is 1. The molecule has 5 heteroatoms. The Balaban J connectivity index is 1.81. The van der Waals surface area contributed by atoms with E-state index in [-0.39, 0.29) is 11.6 Å². The Bertz CT molecular complexity index is 1230. The van der Waals surface area contributed by atoms with E-state index in [0.29, 0.717) is 29.2 Å². The molecule has 0 atom stereocenters. The van der Waals surface area contributed by atoms with Crippen LogP contribution >= 0.6 is 0 Å². The molecule has 5 nitrogen and oxygen atoms in total. The third-order valence-corrected chi connectivity index (χ3v) is 5.59. The second kappa shape index (κ2) is 8.71. The molecule has 162 valence electrons. The Kier molecular flexibility index (Phi) is 5.82. The third kappa shape index (κ3) is 4.02. The van der Waals surface area contributed by atoms with Crippen LogP contribution in [0.5, 0.6) is 5.75 Å². The molecule has 1 heterocycles. The maximum absolute atomic E-state index is 13.6. The first-order valence-electron chi connectivity index (χ1n) is 10.7. The zero-order valence-corrected chi connectivity index (χ0v) is 18.7. The molecule has 1 aliphatic rings. The molecule has 3 aromatic rings. The van der Waals surface area contributed by atoms with Crippen LogP contribution in [0.15, 0.2) is 72.4 Å². The van der Waals surface area contributed by atoms with Crippen LogP contribution in [0, 0.1) is 20.8 Å². The van der Waals surface area contributed by atoms with Crippen molar-refractivity contribution in [2.24, 2.45) is 0 Å². The maximum atomic E-state index is 13.6. The van der Waals surface area contributed by atoms with Crippen molar-refractivity contribution in [2.45, 2.75) is 27.7 Å². The number of hydrogen-bond acceptors (Lipinski definition) is 4. The Labute approximate surface area is 188 Å². The van der Waals surface area contributed by atoms with Gasteiger partial charge < -0.3 is 10.1 Å². The van der Waals surface area contributed by atoms with Gasteiger partial charge in [-0.15, -0.1) is 0 Å². The van der Waals surface area contributed by atoms with Crippen LogP contribution in [0.2, 0.25) is 0 Å². The monoisotopic (exact) mass is 426 g/mol. The summed E-state index contributed by atoms with van der Waals surface area (Å²) in [4.78, 5) is 28.4. The number of hydrogen-bond donors (Lipinski definition) is 1. The number of imide groups is 1. The minimum Gasteiger partial charge on any atom is -0.494 e. The number of rotatable bonds is 6. The van der Waals surface area contributed by atoms with E-state index >= 15 is 0 Å². The summed E-state index contributed by atoms with van der Waals surface area (Å²) in [6, 6.07) is 20.6. The summed E-state index contributed by atoms with van der Waals surface area (Å²) in [5.41, 5.74) is 5.86. The molecular weight excluding hydrogens is 400 g/mol. The summed E-state index contributed by atoms with van der Waals surface area (Å²) in [5, 5.41) is 3.21. The number of anilines is 2. The Morgan fingerprint density at radius 2 is 1.59 bits per heavy atom. The summed E-state index contributed by atoms with van der Waals surface area (Å²) in [7, 11) is 0. The lowest BCUT2D eigenvalue weighted by molar-refractivity contribution is -0.120. The first-order chi connectivity index (χ1) is 15.4. The number of benzene rings is 3. The van der Waals surface area contributed by atoms with Gasteiger partial charge in [0.15, 0.2) is 0 Å². The second-order valence-corrected chi connectivity index (χ2v) is 7.92. The van der Waals surface area contributed by atoms with E-state index in [1.54, 1.807) is 24.3 Å². The van der Waals surface area contributed by atoms with Gasteiger partial charge in [-0.3, -0.25) is 9.59 Å². The molecule has 0 saturated heterocycles. The molecule has 0 bridgehead atoms. The number of ether oxygens (including phenoxy) is 1. The van der Waals surface area contributed by atoms with Gasteiger partial charge in [-0.1, -0.05) is 42.0 Å². The van der Waals surface area contributed by atoms with Gasteiger partial charge in [-0.05, 0) is 68.7 Å². The van der Waals surface area contributed by atoms with Crippen LogP contribution in [0.4, 0.5) is 11.4 Å². The number of nitrogens with one attached hydrogen (secondary N) is 1. The lowest BCUT2D eigenvalue weighted by Gasteiger charge is -2.16. The van der Waals surface area contributed by atoms with Gasteiger partial charge >= 0.3 is 0 Å². The molecule has 0 unspecified atom stereocenters. The molecule has 1 aliphatic heterocycles. The molecule has 0 spiro atoms. The third-order valence-electron chi connectivity index (χ3n) is 5.59. The number of aryl methyl sites for hydroxylation is 3. The van der Waals surface area contributed by atoms with Crippen molar-refractivity contribution in [3.8, 4) is 5.75 Å². The van der Waals surface area contributed by atoms with Crippen LogP contribution in [-0.4, -0.2) is 18.4 Å². The molecule has 0 aromatic heterocycles. The topological polar surface area (TPSA) is 58.6 Å². The molecule has 32 heavy (non-hydrogen) atoms. The zero-order chi connectivity index (χ0) is 22.8. The normalized spacial score (nSPS) is 13.7. The van der Waals surface area contributed by atoms with Crippen molar-refractivity contribution in [2.75, 3.05) is 16.8 Å². The predicted octanol–water partition coefficient (Wildman–Crippen LogP) is 5.41. The highest BCUT2D eigenvalue weighted by Gasteiger charge is 2.40. The van der Waals surface area contributed by atoms with Crippen molar-refractivity contribution in [3.63, 3.8) is 0 Å². The van der Waals surface area contributed by atoms with Crippen LogP contribution in [0.3, 0.4) is 0 Å². The summed E-state index contributed by atoms with van der Waals surface area (Å²) in [5.74, 6) is -0.141. The summed E-state index contributed by atoms with van der Waals surface area (Å²) in [6.07, 6.45) is 0. The van der Waals surface area contributed by atoms with E-state index in [9.17, 15) is 9.59 Å². The van der Waals surface area contributed by atoms with Gasteiger partial charge in [0.05, 0.1) is 17.9 Å². The second-order valence-electron chi connectivity index (χ2n) is 7.92. The molecule has 0 radical (unpaired) electrons. The zero-order valence-electron chi connectivity index (χ0n) is 18.7. The van der Waals surface area contributed by atoms with E-state index in [1.807, 2.05) is 70.2 Å². The SMILES string of the molecule is CCOc1cccc(N2C(=O)C(Nc3ccc(C)cc3)=C(c3ccc(C)c(C)c3)C2=O)c1. The standard InChI is InChI=1S/C27H26N2O3/c1-5-32-23-8-6-7-22(16-23)29-26(30)24(20-12-11-18(3)19(4)15-20)25(27(29)31)28-21-13-9-17(2)10-14-21/h6-16,28H,5H2,1-4H3. The van der Waals surface area contributed by atoms with Crippen LogP contribution in [-0.2, 0) is 9.59 Å². The highest BCUT2D eigenvalue weighted by molar-refractivity contribution is 6.46. The number of carbonyl (C=O) groups excluding carboxylic acids is 2. The van der Waals surface area contributed by atoms with E-state index in [1.165, 1.54) is 4.90 Å². The van der Waals surface area contributed by atoms with Crippen molar-refractivity contribution in [1.82, 2.24) is 0 Å². The van der Waals surface area contributed by atoms with Crippen LogP contribution < -0.4 is 15.0 Å². The van der Waals surface area contributed by atoms with Crippen LogP contribution in [0.1, 0.15) is 29.2 Å². The van der Waals surface area contributed by atoms with Gasteiger partial charge in [0.1, 0.15) is 11.4 Å². The fourth-order valence-electron chi connectivity index (χ4n) is 3.71. The highest BCUT2D eigenvalue weighted by Crippen LogP contribution is 2.35. The van der Waals surface area contributed by atoms with E-state index in [0.717, 1.165) is 22.4 Å². The minimum absolute atomic E-state index is 0.268. The number of carbonyl (C=O) groups is 2. The fourth-order valence-corrected chi connectivity index (χ4v) is 3.71. The summed E-state index contributed by atoms with van der Waals surface area (Å²) in [6.45, 7) is 8.41. The largest absolute Gasteiger partial charge is 0.494 e. The molecular formula is C27H26N2O3. The highest BCUT2D eigenvalue weighted by atomic mass is 16.5. The molecule has 3 aromatic carbocycles. The van der Waals surface area contributed by atoms with Crippen LogP contribution in [0.25, 0.3) is 5.57 Å². The smallest absolute Gasteiger partial charge is 0.282 e. The van der Waals surface area contributed by atoms with E-state index < -0.39 is 5.91 Å². The average Bonchev–Trinajstić information content (AvgIpc) is 3.01. The molecule has 2 amide bonds. The van der Waals surface area contributed by atoms with Crippen molar-refractivity contribution < 1.29 is 14.3 Å². The van der Waals surface area contributed by atoms with Gasteiger partial charge in [-0.25, -0.2) is 4.90 Å². The van der Waals surface area contributed by atoms with E-state index in [2.05, 4.69) is 5.32 Å². The molecule has 4 rings (SSSR count). The number of amides is 2. The van der Waals surface area contributed by atoms with Gasteiger partial charge in [0, 0.05) is 11.8 Å². The summed E-state index contributed by atoms with van der Waals surface area (Å²) < 4.78 is 5.57. The Hall–Kier alpha value is -3.86. The Morgan fingerprint density at radius 1 is 0.844 bits per heavy atom. The van der Waals surface area contributed by atoms with E-state index in [4.69, 9.17) is 4.74 Å².